The molecular formula is C28H24S. The van der Waals surface area contributed by atoms with Gasteiger partial charge in [-0.05, 0) is 55.6 Å². The molecule has 0 aliphatic carbocycles. The number of thioether (sulfide) groups is 1. The SMILES string of the molecule is CC(C)(C)Sc1ccc(/C=C/c2ccc3ccc4cccc5ccc2c3c45)cc1. The minimum atomic E-state index is 0.235. The molecule has 142 valence electrons. The highest BCUT2D eigenvalue weighted by atomic mass is 32.2. The average molecular weight is 393 g/mol. The normalized spacial score (nSPS) is 12.7. The van der Waals surface area contributed by atoms with E-state index in [4.69, 9.17) is 0 Å². The lowest BCUT2D eigenvalue weighted by molar-refractivity contribution is 0.803. The van der Waals surface area contributed by atoms with Gasteiger partial charge < -0.3 is 0 Å². The van der Waals surface area contributed by atoms with Gasteiger partial charge in [0.2, 0.25) is 0 Å². The van der Waals surface area contributed by atoms with Crippen LogP contribution in [0.5, 0.6) is 0 Å². The Labute approximate surface area is 176 Å². The van der Waals surface area contributed by atoms with Gasteiger partial charge in [0.1, 0.15) is 0 Å². The summed E-state index contributed by atoms with van der Waals surface area (Å²) in [4.78, 5) is 1.32. The Morgan fingerprint density at radius 3 is 1.93 bits per heavy atom. The largest absolute Gasteiger partial charge is 0.120 e. The van der Waals surface area contributed by atoms with E-state index in [0.29, 0.717) is 0 Å². The van der Waals surface area contributed by atoms with Crippen molar-refractivity contribution >= 4 is 56.2 Å². The van der Waals surface area contributed by atoms with Crippen molar-refractivity contribution in [1.82, 2.24) is 0 Å². The molecular weight excluding hydrogens is 368 g/mol. The van der Waals surface area contributed by atoms with Gasteiger partial charge in [-0.1, -0.05) is 99.7 Å². The lowest BCUT2D eigenvalue weighted by Gasteiger charge is -2.17. The quantitative estimate of drug-likeness (QED) is 0.168. The molecule has 5 rings (SSSR count). The third-order valence-electron chi connectivity index (χ3n) is 5.32. The fraction of sp³-hybridized carbons (Fsp3) is 0.143. The highest BCUT2D eigenvalue weighted by Crippen LogP contribution is 2.36. The fourth-order valence-corrected chi connectivity index (χ4v) is 5.07. The van der Waals surface area contributed by atoms with Crippen molar-refractivity contribution in [3.63, 3.8) is 0 Å². The van der Waals surface area contributed by atoms with Crippen LogP contribution in [0, 0.1) is 0 Å². The topological polar surface area (TPSA) is 0 Å². The van der Waals surface area contributed by atoms with E-state index in [1.165, 1.54) is 48.3 Å². The fourth-order valence-electron chi connectivity index (χ4n) is 4.09. The van der Waals surface area contributed by atoms with E-state index in [-0.39, 0.29) is 4.75 Å². The molecule has 0 spiro atoms. The molecule has 0 aromatic heterocycles. The predicted molar refractivity (Wildman–Crippen MR) is 131 cm³/mol. The molecule has 0 amide bonds. The van der Waals surface area contributed by atoms with Crippen LogP contribution in [0.4, 0.5) is 0 Å². The molecule has 0 fully saturated rings. The summed E-state index contributed by atoms with van der Waals surface area (Å²) in [5.41, 5.74) is 2.50. The Morgan fingerprint density at radius 1 is 0.621 bits per heavy atom. The molecule has 0 atom stereocenters. The number of hydrogen-bond acceptors (Lipinski definition) is 1. The Hall–Kier alpha value is -2.77. The molecule has 5 aromatic rings. The molecule has 0 unspecified atom stereocenters. The van der Waals surface area contributed by atoms with Crippen molar-refractivity contribution in [2.75, 3.05) is 0 Å². The van der Waals surface area contributed by atoms with E-state index < -0.39 is 0 Å². The van der Waals surface area contributed by atoms with Gasteiger partial charge in [-0.2, -0.15) is 0 Å². The third-order valence-corrected chi connectivity index (χ3v) is 6.44. The van der Waals surface area contributed by atoms with Gasteiger partial charge in [0, 0.05) is 9.64 Å². The van der Waals surface area contributed by atoms with Crippen LogP contribution in [0.25, 0.3) is 44.5 Å². The summed E-state index contributed by atoms with van der Waals surface area (Å²) >= 11 is 1.91. The number of rotatable bonds is 3. The Balaban J connectivity index is 1.55. The van der Waals surface area contributed by atoms with Gasteiger partial charge in [0.05, 0.1) is 0 Å². The molecule has 29 heavy (non-hydrogen) atoms. The highest BCUT2D eigenvalue weighted by Gasteiger charge is 2.12. The van der Waals surface area contributed by atoms with Crippen LogP contribution in [0.3, 0.4) is 0 Å². The van der Waals surface area contributed by atoms with Crippen LogP contribution >= 0.6 is 11.8 Å². The highest BCUT2D eigenvalue weighted by molar-refractivity contribution is 8.00. The van der Waals surface area contributed by atoms with Crippen LogP contribution in [0.1, 0.15) is 31.9 Å². The molecule has 5 aromatic carbocycles. The van der Waals surface area contributed by atoms with Crippen molar-refractivity contribution in [1.29, 1.82) is 0 Å². The van der Waals surface area contributed by atoms with Crippen LogP contribution < -0.4 is 0 Å². The first-order valence-electron chi connectivity index (χ1n) is 10.1. The van der Waals surface area contributed by atoms with Crippen LogP contribution in [0.2, 0.25) is 0 Å². The van der Waals surface area contributed by atoms with Gasteiger partial charge in [-0.25, -0.2) is 0 Å². The summed E-state index contributed by atoms with van der Waals surface area (Å²) < 4.78 is 0.235. The molecule has 0 N–H and O–H groups in total. The van der Waals surface area contributed by atoms with E-state index in [0.717, 1.165) is 0 Å². The minimum Gasteiger partial charge on any atom is -0.120 e. The van der Waals surface area contributed by atoms with Crippen molar-refractivity contribution in [2.24, 2.45) is 0 Å². The average Bonchev–Trinajstić information content (AvgIpc) is 2.71. The summed E-state index contributed by atoms with van der Waals surface area (Å²) in [6.07, 6.45) is 4.47. The Kier molecular flexibility index (Phi) is 4.37. The van der Waals surface area contributed by atoms with Gasteiger partial charge in [0.25, 0.3) is 0 Å². The zero-order valence-corrected chi connectivity index (χ0v) is 17.9. The molecule has 0 radical (unpaired) electrons. The zero-order chi connectivity index (χ0) is 20.0. The van der Waals surface area contributed by atoms with Crippen LogP contribution in [0.15, 0.2) is 83.8 Å². The monoisotopic (exact) mass is 392 g/mol. The summed E-state index contributed by atoms with van der Waals surface area (Å²) in [5, 5.41) is 8.01. The van der Waals surface area contributed by atoms with Gasteiger partial charge in [-0.3, -0.25) is 0 Å². The minimum absolute atomic E-state index is 0.235. The second kappa shape index (κ2) is 6.93. The molecule has 0 saturated heterocycles. The number of benzene rings is 5. The predicted octanol–water partition coefficient (Wildman–Crippen LogP) is 8.65. The second-order valence-corrected chi connectivity index (χ2v) is 10.5. The lowest BCUT2D eigenvalue weighted by Crippen LogP contribution is -2.06. The number of hydrogen-bond donors (Lipinski definition) is 0. The smallest absolute Gasteiger partial charge is 0.0122 e. The van der Waals surface area contributed by atoms with E-state index >= 15 is 0 Å². The Bertz CT molecular complexity index is 1320. The molecule has 0 aliphatic rings. The molecule has 0 saturated carbocycles. The lowest BCUT2D eigenvalue weighted by atomic mass is 9.92. The van der Waals surface area contributed by atoms with Crippen molar-refractivity contribution in [3.05, 3.63) is 90.0 Å². The summed E-state index contributed by atoms with van der Waals surface area (Å²) in [6.45, 7) is 6.75. The van der Waals surface area contributed by atoms with Gasteiger partial charge in [0.15, 0.2) is 0 Å². The first kappa shape index (κ1) is 18.3. The van der Waals surface area contributed by atoms with E-state index in [1.807, 2.05) is 11.8 Å². The van der Waals surface area contributed by atoms with Gasteiger partial charge in [-0.15, -0.1) is 11.8 Å². The molecule has 0 heterocycles. The van der Waals surface area contributed by atoms with Crippen molar-refractivity contribution in [2.45, 2.75) is 30.4 Å². The Morgan fingerprint density at radius 2 is 1.24 bits per heavy atom. The first-order valence-corrected chi connectivity index (χ1v) is 10.9. The van der Waals surface area contributed by atoms with Crippen molar-refractivity contribution < 1.29 is 0 Å². The maximum absolute atomic E-state index is 2.27. The maximum Gasteiger partial charge on any atom is 0.0122 e. The second-order valence-electron chi connectivity index (χ2n) is 8.63. The summed E-state index contributed by atoms with van der Waals surface area (Å²) in [5.74, 6) is 0. The molecule has 1 heteroatoms. The van der Waals surface area contributed by atoms with E-state index in [9.17, 15) is 0 Å². The third kappa shape index (κ3) is 3.52. The summed E-state index contributed by atoms with van der Waals surface area (Å²) in [7, 11) is 0. The maximum atomic E-state index is 2.27. The molecule has 0 bridgehead atoms. The molecule has 0 aliphatic heterocycles. The molecule has 0 nitrogen and oxygen atoms in total. The van der Waals surface area contributed by atoms with E-state index in [1.54, 1.807) is 0 Å². The van der Waals surface area contributed by atoms with Crippen LogP contribution in [-0.4, -0.2) is 4.75 Å². The van der Waals surface area contributed by atoms with Crippen LogP contribution in [-0.2, 0) is 0 Å². The van der Waals surface area contributed by atoms with Crippen molar-refractivity contribution in [3.8, 4) is 0 Å². The zero-order valence-electron chi connectivity index (χ0n) is 17.1. The standard InChI is InChI=1S/C28H24S/c1-28(2,3)29-24-16-8-19(9-17-24)7-10-20-11-12-23-14-13-21-5-4-6-22-15-18-25(20)27(23)26(21)22/h4-18H,1-3H3/b10-7+. The van der Waals surface area contributed by atoms with Gasteiger partial charge >= 0.3 is 0 Å². The summed E-state index contributed by atoms with van der Waals surface area (Å²) in [6, 6.07) is 28.9. The van der Waals surface area contributed by atoms with E-state index in [2.05, 4.69) is 112 Å². The first-order chi connectivity index (χ1) is 14.0.